The molecule has 1 heterocycles. The molecule has 0 aliphatic heterocycles. The molecule has 1 aliphatic rings. The van der Waals surface area contributed by atoms with Gasteiger partial charge in [-0.2, -0.15) is 0 Å². The first-order valence-electron chi connectivity index (χ1n) is 8.64. The van der Waals surface area contributed by atoms with Crippen molar-refractivity contribution in [3.63, 3.8) is 0 Å². The van der Waals surface area contributed by atoms with Crippen LogP contribution in [0.15, 0.2) is 11.8 Å². The number of anilines is 1. The standard InChI is InChI=1S/C19H30N4O/c1-13(20-6)10-11-16-14(2)23(15-8-7-9-15)18(21-16)22-17(24)12-19(3,4)5/h10-11,15,20H,2,7-9,12H2,1,3-6H3,(H,21,22,24)/b13-10+,16-11+. The van der Waals surface area contributed by atoms with Gasteiger partial charge in [0, 0.05) is 25.2 Å². The minimum atomic E-state index is -0.0487. The van der Waals surface area contributed by atoms with E-state index in [1.165, 1.54) is 6.42 Å². The maximum Gasteiger partial charge on any atom is 0.227 e. The van der Waals surface area contributed by atoms with Crippen LogP contribution in [-0.2, 0) is 4.79 Å². The Morgan fingerprint density at radius 3 is 2.58 bits per heavy atom. The SMILES string of the molecule is C=c1/c(=C\C=C(/C)NC)nc(NC(=O)CC(C)(C)C)n1C1CCC1. The summed E-state index contributed by atoms with van der Waals surface area (Å²) < 4.78 is 2.10. The normalized spacial score (nSPS) is 16.9. The van der Waals surface area contributed by atoms with E-state index < -0.39 is 0 Å². The number of hydrogen-bond donors (Lipinski definition) is 2. The molecule has 2 rings (SSSR count). The number of nitrogens with one attached hydrogen (secondary N) is 2. The third kappa shape index (κ3) is 4.49. The summed E-state index contributed by atoms with van der Waals surface area (Å²) in [7, 11) is 1.88. The van der Waals surface area contributed by atoms with Crippen LogP contribution in [0.5, 0.6) is 0 Å². The first-order valence-corrected chi connectivity index (χ1v) is 8.64. The molecule has 1 saturated carbocycles. The molecule has 1 aromatic heterocycles. The molecule has 1 fully saturated rings. The molecule has 0 saturated heterocycles. The Bertz CT molecular complexity index is 733. The minimum absolute atomic E-state index is 0.00145. The molecule has 0 unspecified atom stereocenters. The van der Waals surface area contributed by atoms with E-state index in [1.54, 1.807) is 0 Å². The molecule has 132 valence electrons. The number of allylic oxidation sites excluding steroid dienone is 2. The van der Waals surface area contributed by atoms with Crippen LogP contribution in [0.3, 0.4) is 0 Å². The lowest BCUT2D eigenvalue weighted by molar-refractivity contribution is -0.117. The van der Waals surface area contributed by atoms with Gasteiger partial charge in [-0.05, 0) is 43.8 Å². The summed E-state index contributed by atoms with van der Waals surface area (Å²) in [6.07, 6.45) is 7.84. The van der Waals surface area contributed by atoms with E-state index in [-0.39, 0.29) is 11.3 Å². The third-order valence-corrected chi connectivity index (χ3v) is 4.31. The molecule has 0 radical (unpaired) electrons. The lowest BCUT2D eigenvalue weighted by Crippen LogP contribution is -2.34. The second-order valence-corrected chi connectivity index (χ2v) is 7.77. The summed E-state index contributed by atoms with van der Waals surface area (Å²) in [5.74, 6) is 0.627. The maximum atomic E-state index is 12.3. The predicted octanol–water partition coefficient (Wildman–Crippen LogP) is 2.30. The second-order valence-electron chi connectivity index (χ2n) is 7.77. The van der Waals surface area contributed by atoms with E-state index in [2.05, 4.69) is 47.5 Å². The van der Waals surface area contributed by atoms with Crippen LogP contribution in [0.2, 0.25) is 0 Å². The molecule has 0 aromatic carbocycles. The van der Waals surface area contributed by atoms with Gasteiger partial charge in [-0.3, -0.25) is 10.1 Å². The van der Waals surface area contributed by atoms with Crippen molar-refractivity contribution in [2.75, 3.05) is 12.4 Å². The fourth-order valence-corrected chi connectivity index (χ4v) is 2.68. The van der Waals surface area contributed by atoms with Gasteiger partial charge < -0.3 is 9.88 Å². The summed E-state index contributed by atoms with van der Waals surface area (Å²) in [4.78, 5) is 17.0. The van der Waals surface area contributed by atoms with Crippen LogP contribution in [0.4, 0.5) is 5.95 Å². The van der Waals surface area contributed by atoms with Crippen molar-refractivity contribution in [1.29, 1.82) is 0 Å². The Balaban J connectivity index is 2.36. The highest BCUT2D eigenvalue weighted by molar-refractivity contribution is 5.89. The summed E-state index contributed by atoms with van der Waals surface area (Å²) in [5.41, 5.74) is 0.998. The Morgan fingerprint density at radius 2 is 2.08 bits per heavy atom. The monoisotopic (exact) mass is 330 g/mol. The highest BCUT2D eigenvalue weighted by atomic mass is 16.1. The molecule has 1 aliphatic carbocycles. The molecular weight excluding hydrogens is 300 g/mol. The van der Waals surface area contributed by atoms with Crippen molar-refractivity contribution < 1.29 is 4.79 Å². The first-order chi connectivity index (χ1) is 11.2. The largest absolute Gasteiger partial charge is 0.392 e. The highest BCUT2D eigenvalue weighted by Crippen LogP contribution is 2.32. The van der Waals surface area contributed by atoms with Gasteiger partial charge >= 0.3 is 0 Å². The number of carbonyl (C=O) groups is 1. The molecule has 2 N–H and O–H groups in total. The number of imidazole rings is 1. The molecule has 5 heteroatoms. The zero-order chi connectivity index (χ0) is 17.9. The third-order valence-electron chi connectivity index (χ3n) is 4.31. The predicted molar refractivity (Wildman–Crippen MR) is 99.9 cm³/mol. The van der Waals surface area contributed by atoms with Crippen LogP contribution in [0.1, 0.15) is 59.4 Å². The summed E-state index contributed by atoms with van der Waals surface area (Å²) in [6.45, 7) is 12.4. The molecule has 5 nitrogen and oxygen atoms in total. The number of amides is 1. The van der Waals surface area contributed by atoms with E-state index in [4.69, 9.17) is 0 Å². The van der Waals surface area contributed by atoms with Crippen molar-refractivity contribution in [3.8, 4) is 0 Å². The van der Waals surface area contributed by atoms with E-state index in [9.17, 15) is 4.79 Å². The van der Waals surface area contributed by atoms with E-state index in [0.717, 1.165) is 29.2 Å². The summed E-state index contributed by atoms with van der Waals surface area (Å²) in [6, 6.07) is 0.395. The maximum absolute atomic E-state index is 12.3. The van der Waals surface area contributed by atoms with Gasteiger partial charge in [-0.1, -0.05) is 27.4 Å². The first kappa shape index (κ1) is 18.3. The van der Waals surface area contributed by atoms with Crippen LogP contribution < -0.4 is 21.3 Å². The fraction of sp³-hybridized carbons (Fsp3) is 0.579. The van der Waals surface area contributed by atoms with Crippen molar-refractivity contribution in [2.24, 2.45) is 5.41 Å². The number of carbonyl (C=O) groups excluding carboxylic acids is 1. The van der Waals surface area contributed by atoms with Gasteiger partial charge in [0.15, 0.2) is 0 Å². The summed E-state index contributed by atoms with van der Waals surface area (Å²) in [5, 5.41) is 7.75. The number of aromatic nitrogens is 2. The molecule has 0 atom stereocenters. The zero-order valence-electron chi connectivity index (χ0n) is 15.6. The van der Waals surface area contributed by atoms with E-state index in [1.807, 2.05) is 26.1 Å². The Hall–Kier alpha value is -2.04. The molecule has 1 aromatic rings. The fourth-order valence-electron chi connectivity index (χ4n) is 2.68. The van der Waals surface area contributed by atoms with Gasteiger partial charge in [0.25, 0.3) is 0 Å². The Kier molecular flexibility index (Phi) is 5.52. The van der Waals surface area contributed by atoms with E-state index in [0.29, 0.717) is 18.4 Å². The average molecular weight is 330 g/mol. The van der Waals surface area contributed by atoms with Crippen molar-refractivity contribution >= 4 is 24.5 Å². The second kappa shape index (κ2) is 7.24. The smallest absolute Gasteiger partial charge is 0.227 e. The van der Waals surface area contributed by atoms with Crippen LogP contribution in [0, 0.1) is 5.41 Å². The van der Waals surface area contributed by atoms with Crippen LogP contribution in [0.25, 0.3) is 12.7 Å². The topological polar surface area (TPSA) is 59.0 Å². The number of rotatable bonds is 5. The molecule has 1 amide bonds. The lowest BCUT2D eigenvalue weighted by atomic mass is 9.92. The number of hydrogen-bond acceptors (Lipinski definition) is 3. The van der Waals surface area contributed by atoms with Gasteiger partial charge in [0.1, 0.15) is 0 Å². The van der Waals surface area contributed by atoms with Gasteiger partial charge in [-0.15, -0.1) is 0 Å². The average Bonchev–Trinajstić information content (AvgIpc) is 2.70. The Labute approximate surface area is 144 Å². The number of nitrogens with zero attached hydrogens (tertiary/aromatic N) is 2. The molecular formula is C19H30N4O. The molecule has 24 heavy (non-hydrogen) atoms. The Morgan fingerprint density at radius 1 is 1.42 bits per heavy atom. The quantitative estimate of drug-likeness (QED) is 0.871. The van der Waals surface area contributed by atoms with Crippen LogP contribution in [-0.4, -0.2) is 22.5 Å². The minimum Gasteiger partial charge on any atom is -0.392 e. The van der Waals surface area contributed by atoms with Gasteiger partial charge in [0.05, 0.1) is 10.7 Å². The van der Waals surface area contributed by atoms with Crippen molar-refractivity contribution in [3.05, 3.63) is 22.5 Å². The van der Waals surface area contributed by atoms with Crippen LogP contribution >= 0.6 is 0 Å². The highest BCUT2D eigenvalue weighted by Gasteiger charge is 2.25. The van der Waals surface area contributed by atoms with Gasteiger partial charge in [0.2, 0.25) is 11.9 Å². The molecule has 0 spiro atoms. The van der Waals surface area contributed by atoms with Gasteiger partial charge in [-0.25, -0.2) is 4.98 Å². The summed E-state index contributed by atoms with van der Waals surface area (Å²) >= 11 is 0. The van der Waals surface area contributed by atoms with Crippen molar-refractivity contribution in [2.45, 2.75) is 59.4 Å². The van der Waals surface area contributed by atoms with Crippen molar-refractivity contribution in [1.82, 2.24) is 14.9 Å². The molecule has 0 bridgehead atoms. The van der Waals surface area contributed by atoms with E-state index >= 15 is 0 Å². The zero-order valence-corrected chi connectivity index (χ0v) is 15.6. The lowest BCUT2D eigenvalue weighted by Gasteiger charge is -2.28.